The van der Waals surface area contributed by atoms with Gasteiger partial charge in [0.25, 0.3) is 5.91 Å². The molecule has 9 heteroatoms. The molecule has 0 unspecified atom stereocenters. The molecule has 2 aromatic rings. The number of carbonyl (C=O) groups is 2. The molecule has 0 fully saturated rings. The van der Waals surface area contributed by atoms with Gasteiger partial charge in [0, 0.05) is 11.4 Å². The minimum atomic E-state index is -3.37. The Balaban J connectivity index is 1.99. The molecule has 134 valence electrons. The van der Waals surface area contributed by atoms with Crippen LogP contribution in [-0.4, -0.2) is 31.2 Å². The minimum Gasteiger partial charge on any atom is -0.477 e. The molecule has 3 N–H and O–H groups in total. The number of hydrogen-bond donors (Lipinski definition) is 3. The van der Waals surface area contributed by atoms with E-state index in [0.29, 0.717) is 17.8 Å². The fourth-order valence-electron chi connectivity index (χ4n) is 1.95. The summed E-state index contributed by atoms with van der Waals surface area (Å²) >= 11 is 0.884. The number of unbranched alkanes of at least 4 members (excludes halogenated alkanes) is 1. The fraction of sp³-hybridized carbons (Fsp3) is 0.250. The highest BCUT2D eigenvalue weighted by atomic mass is 32.2. The molecule has 0 saturated heterocycles. The summed E-state index contributed by atoms with van der Waals surface area (Å²) < 4.78 is 26.2. The summed E-state index contributed by atoms with van der Waals surface area (Å²) in [7, 11) is -3.37. The molecule has 7 nitrogen and oxygen atoms in total. The maximum absolute atomic E-state index is 12.1. The highest BCUT2D eigenvalue weighted by Gasteiger charge is 2.13. The van der Waals surface area contributed by atoms with E-state index >= 15 is 0 Å². The number of anilines is 2. The normalized spacial score (nSPS) is 11.1. The fourth-order valence-corrected chi connectivity index (χ4v) is 3.96. The lowest BCUT2D eigenvalue weighted by Crippen LogP contribution is -2.16. The summed E-state index contributed by atoms with van der Waals surface area (Å²) in [5.41, 5.74) is 0.894. The third-order valence-electron chi connectivity index (χ3n) is 3.22. The van der Waals surface area contributed by atoms with Gasteiger partial charge >= 0.3 is 5.97 Å². The average molecular weight is 382 g/mol. The van der Waals surface area contributed by atoms with Crippen molar-refractivity contribution < 1.29 is 23.1 Å². The first-order valence-electron chi connectivity index (χ1n) is 7.56. The van der Waals surface area contributed by atoms with Crippen molar-refractivity contribution in [2.24, 2.45) is 0 Å². The summed E-state index contributed by atoms with van der Waals surface area (Å²) in [6.45, 7) is 1.92. The van der Waals surface area contributed by atoms with Crippen molar-refractivity contribution >= 4 is 44.6 Å². The van der Waals surface area contributed by atoms with Crippen LogP contribution < -0.4 is 10.0 Å². The zero-order valence-corrected chi connectivity index (χ0v) is 15.1. The lowest BCUT2D eigenvalue weighted by atomic mass is 10.3. The summed E-state index contributed by atoms with van der Waals surface area (Å²) in [4.78, 5) is 23.3. The van der Waals surface area contributed by atoms with Gasteiger partial charge in [0.2, 0.25) is 10.0 Å². The summed E-state index contributed by atoms with van der Waals surface area (Å²) in [6, 6.07) is 9.06. The van der Waals surface area contributed by atoms with Crippen LogP contribution in [-0.2, 0) is 10.0 Å². The average Bonchev–Trinajstić information content (AvgIpc) is 3.05. The molecule has 1 aromatic heterocycles. The van der Waals surface area contributed by atoms with E-state index in [1.165, 1.54) is 12.1 Å². The van der Waals surface area contributed by atoms with Gasteiger partial charge in [0.15, 0.2) is 0 Å². The Morgan fingerprint density at radius 1 is 1.04 bits per heavy atom. The van der Waals surface area contributed by atoms with Crippen LogP contribution in [0.4, 0.5) is 11.4 Å². The lowest BCUT2D eigenvalue weighted by Gasteiger charge is -2.09. The highest BCUT2D eigenvalue weighted by Crippen LogP contribution is 2.20. The second kappa shape index (κ2) is 8.13. The van der Waals surface area contributed by atoms with Crippen molar-refractivity contribution in [3.05, 3.63) is 46.2 Å². The van der Waals surface area contributed by atoms with Gasteiger partial charge in [0.1, 0.15) is 4.88 Å². The first-order chi connectivity index (χ1) is 11.8. The van der Waals surface area contributed by atoms with Crippen molar-refractivity contribution in [2.75, 3.05) is 15.8 Å². The number of rotatable bonds is 8. The molecule has 0 atom stereocenters. The van der Waals surface area contributed by atoms with Crippen molar-refractivity contribution in [3.8, 4) is 0 Å². The maximum atomic E-state index is 12.1. The first-order valence-corrected chi connectivity index (χ1v) is 10.0. The van der Waals surface area contributed by atoms with E-state index in [4.69, 9.17) is 5.11 Å². The van der Waals surface area contributed by atoms with Gasteiger partial charge in [-0.3, -0.25) is 9.52 Å². The molecule has 0 aliphatic rings. The van der Waals surface area contributed by atoms with Crippen LogP contribution in [0.2, 0.25) is 0 Å². The zero-order valence-electron chi connectivity index (χ0n) is 13.5. The van der Waals surface area contributed by atoms with E-state index < -0.39 is 21.9 Å². The molecule has 1 aromatic carbocycles. The molecule has 0 spiro atoms. The van der Waals surface area contributed by atoms with Crippen LogP contribution in [0.3, 0.4) is 0 Å². The molecule has 2 rings (SSSR count). The van der Waals surface area contributed by atoms with Crippen molar-refractivity contribution in [1.82, 2.24) is 0 Å². The standard InChI is InChI=1S/C16H18N2O5S2/c1-2-3-10-25(22,23)18-12-6-4-11(5-7-12)17-15(19)13-8-9-14(24-13)16(20)21/h4-9,18H,2-3,10H2,1H3,(H,17,19)(H,20,21). The van der Waals surface area contributed by atoms with Gasteiger partial charge in [-0.05, 0) is 42.8 Å². The Morgan fingerprint density at radius 2 is 1.64 bits per heavy atom. The van der Waals surface area contributed by atoms with Crippen LogP contribution >= 0.6 is 11.3 Å². The number of nitrogens with one attached hydrogen (secondary N) is 2. The topological polar surface area (TPSA) is 113 Å². The Labute approximate surface area is 149 Å². The molecule has 0 bridgehead atoms. The molecule has 0 aliphatic heterocycles. The second-order valence-corrected chi connectivity index (χ2v) is 8.20. The molecule has 1 amide bonds. The molecule has 0 aliphatic carbocycles. The summed E-state index contributed by atoms with van der Waals surface area (Å²) in [6.07, 6.45) is 1.38. The third-order valence-corrected chi connectivity index (χ3v) is 5.67. The number of sulfonamides is 1. The molecule has 25 heavy (non-hydrogen) atoms. The van der Waals surface area contributed by atoms with E-state index in [0.717, 1.165) is 17.8 Å². The van der Waals surface area contributed by atoms with E-state index in [2.05, 4.69) is 10.0 Å². The van der Waals surface area contributed by atoms with Crippen molar-refractivity contribution in [1.29, 1.82) is 0 Å². The van der Waals surface area contributed by atoms with Crippen molar-refractivity contribution in [3.63, 3.8) is 0 Å². The Kier molecular flexibility index (Phi) is 6.16. The number of carbonyl (C=O) groups excluding carboxylic acids is 1. The molecule has 0 radical (unpaired) electrons. The van der Waals surface area contributed by atoms with Crippen LogP contribution in [0.5, 0.6) is 0 Å². The van der Waals surface area contributed by atoms with Gasteiger partial charge in [-0.25, -0.2) is 13.2 Å². The van der Waals surface area contributed by atoms with E-state index in [1.54, 1.807) is 24.3 Å². The number of hydrogen-bond acceptors (Lipinski definition) is 5. The minimum absolute atomic E-state index is 0.0618. The van der Waals surface area contributed by atoms with Crippen LogP contribution in [0, 0.1) is 0 Å². The van der Waals surface area contributed by atoms with Gasteiger partial charge in [-0.15, -0.1) is 11.3 Å². The first kappa shape index (κ1) is 18.9. The molecular formula is C16H18N2O5S2. The van der Waals surface area contributed by atoms with E-state index in [9.17, 15) is 18.0 Å². The number of carboxylic acid groups (broad SMARTS) is 1. The van der Waals surface area contributed by atoms with Gasteiger partial charge in [-0.1, -0.05) is 13.3 Å². The smallest absolute Gasteiger partial charge is 0.345 e. The SMILES string of the molecule is CCCCS(=O)(=O)Nc1ccc(NC(=O)c2ccc(C(=O)O)s2)cc1. The Bertz CT molecular complexity index is 857. The van der Waals surface area contributed by atoms with Gasteiger partial charge in [-0.2, -0.15) is 0 Å². The van der Waals surface area contributed by atoms with Gasteiger partial charge < -0.3 is 10.4 Å². The maximum Gasteiger partial charge on any atom is 0.345 e. The monoisotopic (exact) mass is 382 g/mol. The number of amides is 1. The van der Waals surface area contributed by atoms with E-state index in [-0.39, 0.29) is 15.5 Å². The highest BCUT2D eigenvalue weighted by molar-refractivity contribution is 7.92. The molecule has 0 saturated carbocycles. The van der Waals surface area contributed by atoms with Crippen molar-refractivity contribution in [2.45, 2.75) is 19.8 Å². The molecular weight excluding hydrogens is 364 g/mol. The molecule has 1 heterocycles. The Hall–Kier alpha value is -2.39. The number of carboxylic acids is 1. The number of thiophene rings is 1. The zero-order chi connectivity index (χ0) is 18.4. The van der Waals surface area contributed by atoms with Crippen LogP contribution in [0.1, 0.15) is 39.1 Å². The quantitative estimate of drug-likeness (QED) is 0.649. The predicted molar refractivity (Wildman–Crippen MR) is 98.0 cm³/mol. The predicted octanol–water partition coefficient (Wildman–Crippen LogP) is 3.24. The van der Waals surface area contributed by atoms with Crippen LogP contribution in [0.25, 0.3) is 0 Å². The summed E-state index contributed by atoms with van der Waals surface area (Å²) in [5.74, 6) is -1.44. The van der Waals surface area contributed by atoms with E-state index in [1.807, 2.05) is 6.92 Å². The summed E-state index contributed by atoms with van der Waals surface area (Å²) in [5, 5.41) is 11.5. The van der Waals surface area contributed by atoms with Crippen LogP contribution in [0.15, 0.2) is 36.4 Å². The third kappa shape index (κ3) is 5.57. The number of benzene rings is 1. The van der Waals surface area contributed by atoms with Gasteiger partial charge in [0.05, 0.1) is 10.6 Å². The second-order valence-electron chi connectivity index (χ2n) is 5.28. The Morgan fingerprint density at radius 3 is 2.20 bits per heavy atom. The lowest BCUT2D eigenvalue weighted by molar-refractivity contribution is 0.0702. The largest absolute Gasteiger partial charge is 0.477 e. The number of aromatic carboxylic acids is 1.